The third-order valence-corrected chi connectivity index (χ3v) is 5.12. The lowest BCUT2D eigenvalue weighted by atomic mass is 10.0. The van der Waals surface area contributed by atoms with Gasteiger partial charge in [-0.2, -0.15) is 0 Å². The molecule has 0 radical (unpaired) electrons. The summed E-state index contributed by atoms with van der Waals surface area (Å²) in [5.41, 5.74) is 3.34. The number of ether oxygens (including phenoxy) is 3. The molecule has 2 aliphatic rings. The molecule has 0 aliphatic carbocycles. The van der Waals surface area contributed by atoms with Gasteiger partial charge in [0, 0.05) is 24.4 Å². The summed E-state index contributed by atoms with van der Waals surface area (Å²) in [4.78, 5) is 12.3. The Kier molecular flexibility index (Phi) is 4.92. The van der Waals surface area contributed by atoms with Crippen molar-refractivity contribution in [2.75, 3.05) is 13.2 Å². The topological polar surface area (TPSA) is 56.8 Å². The average Bonchev–Trinajstić information content (AvgIpc) is 3.21. The highest BCUT2D eigenvalue weighted by Crippen LogP contribution is 2.41. The molecule has 0 fully saturated rings. The van der Waals surface area contributed by atoms with Crippen molar-refractivity contribution in [3.8, 4) is 17.2 Å². The molecule has 1 amide bonds. The van der Waals surface area contributed by atoms with E-state index >= 15 is 0 Å². The third-order valence-electron chi connectivity index (χ3n) is 5.12. The molecule has 0 saturated heterocycles. The number of nitrogens with one attached hydrogen (secondary N) is 1. The van der Waals surface area contributed by atoms with Crippen LogP contribution in [0.25, 0.3) is 0 Å². The van der Waals surface area contributed by atoms with Gasteiger partial charge in [-0.15, -0.1) is 0 Å². The Morgan fingerprint density at radius 1 is 1.25 bits per heavy atom. The van der Waals surface area contributed by atoms with Crippen molar-refractivity contribution in [3.05, 3.63) is 53.1 Å². The van der Waals surface area contributed by atoms with Gasteiger partial charge in [-0.25, -0.2) is 0 Å². The molecule has 1 N–H and O–H groups in total. The molecule has 148 valence electrons. The Labute approximate surface area is 166 Å². The summed E-state index contributed by atoms with van der Waals surface area (Å²) in [6.45, 7) is 6.84. The number of hydrogen-bond acceptors (Lipinski definition) is 4. The summed E-state index contributed by atoms with van der Waals surface area (Å²) in [7, 11) is 0. The standard InChI is InChI=1S/C23H27NO4/c1-15(11-16-7-8-19-17(12-16)9-10-26-19)24-21(25)14-27-20-6-4-5-18-13-23(2,3)28-22(18)20/h4-8,12,15H,9-11,13-14H2,1-3H3,(H,24,25). The fraction of sp³-hybridized carbons (Fsp3) is 0.435. The van der Waals surface area contributed by atoms with Gasteiger partial charge in [0.25, 0.3) is 5.91 Å². The Morgan fingerprint density at radius 2 is 2.11 bits per heavy atom. The molecule has 1 unspecified atom stereocenters. The minimum absolute atomic E-state index is 0.0214. The van der Waals surface area contributed by atoms with E-state index in [0.29, 0.717) is 5.75 Å². The lowest BCUT2D eigenvalue weighted by molar-refractivity contribution is -0.123. The lowest BCUT2D eigenvalue weighted by Gasteiger charge is -2.18. The number of hydrogen-bond donors (Lipinski definition) is 1. The smallest absolute Gasteiger partial charge is 0.258 e. The molecule has 0 bridgehead atoms. The Morgan fingerprint density at radius 3 is 2.96 bits per heavy atom. The molecule has 4 rings (SSSR count). The monoisotopic (exact) mass is 381 g/mol. The van der Waals surface area contributed by atoms with Gasteiger partial charge in [0.05, 0.1) is 6.61 Å². The van der Waals surface area contributed by atoms with Crippen molar-refractivity contribution in [1.29, 1.82) is 0 Å². The van der Waals surface area contributed by atoms with Crippen LogP contribution in [-0.2, 0) is 24.1 Å². The van der Waals surface area contributed by atoms with Gasteiger partial charge >= 0.3 is 0 Å². The Hall–Kier alpha value is -2.69. The maximum atomic E-state index is 12.3. The number of fused-ring (bicyclic) bond motifs is 2. The molecule has 0 aromatic heterocycles. The summed E-state index contributed by atoms with van der Waals surface area (Å²) < 4.78 is 17.3. The van der Waals surface area contributed by atoms with Crippen LogP contribution in [0.4, 0.5) is 0 Å². The van der Waals surface area contributed by atoms with E-state index in [1.807, 2.05) is 31.2 Å². The van der Waals surface area contributed by atoms with Crippen LogP contribution in [-0.4, -0.2) is 30.8 Å². The molecular formula is C23H27NO4. The fourth-order valence-electron chi connectivity index (χ4n) is 3.93. The zero-order valence-electron chi connectivity index (χ0n) is 16.7. The summed E-state index contributed by atoms with van der Waals surface area (Å²) in [6, 6.07) is 12.1. The maximum Gasteiger partial charge on any atom is 0.258 e. The van der Waals surface area contributed by atoms with Gasteiger partial charge in [-0.3, -0.25) is 4.79 Å². The molecule has 28 heavy (non-hydrogen) atoms. The predicted molar refractivity (Wildman–Crippen MR) is 107 cm³/mol. The van der Waals surface area contributed by atoms with Crippen molar-refractivity contribution in [1.82, 2.24) is 5.32 Å². The second-order valence-corrected chi connectivity index (χ2v) is 8.28. The summed E-state index contributed by atoms with van der Waals surface area (Å²) in [5.74, 6) is 2.24. The summed E-state index contributed by atoms with van der Waals surface area (Å²) in [6.07, 6.45) is 2.57. The predicted octanol–water partition coefficient (Wildman–Crippen LogP) is 3.46. The number of carbonyl (C=O) groups excluding carboxylic acids is 1. The summed E-state index contributed by atoms with van der Waals surface area (Å²) in [5, 5.41) is 3.01. The van der Waals surface area contributed by atoms with Crippen molar-refractivity contribution >= 4 is 5.91 Å². The van der Waals surface area contributed by atoms with E-state index in [-0.39, 0.29) is 24.2 Å². The number of rotatable bonds is 6. The van der Waals surface area contributed by atoms with Crippen molar-refractivity contribution in [2.24, 2.45) is 0 Å². The number of para-hydroxylation sites is 1. The molecular weight excluding hydrogens is 354 g/mol. The van der Waals surface area contributed by atoms with E-state index in [1.54, 1.807) is 0 Å². The Balaban J connectivity index is 1.30. The van der Waals surface area contributed by atoms with Gasteiger partial charge in [0.2, 0.25) is 0 Å². The van der Waals surface area contributed by atoms with E-state index in [1.165, 1.54) is 11.1 Å². The zero-order valence-corrected chi connectivity index (χ0v) is 16.7. The van der Waals surface area contributed by atoms with E-state index < -0.39 is 0 Å². The molecule has 2 aliphatic heterocycles. The van der Waals surface area contributed by atoms with Gasteiger partial charge in [-0.1, -0.05) is 24.3 Å². The highest BCUT2D eigenvalue weighted by atomic mass is 16.5. The molecule has 2 heterocycles. The first-order chi connectivity index (χ1) is 13.4. The first-order valence-electron chi connectivity index (χ1n) is 9.87. The quantitative estimate of drug-likeness (QED) is 0.833. The van der Waals surface area contributed by atoms with Gasteiger partial charge in [-0.05, 0) is 50.5 Å². The first-order valence-corrected chi connectivity index (χ1v) is 9.87. The Bertz CT molecular complexity index is 890. The van der Waals surface area contributed by atoms with Crippen LogP contribution in [0.15, 0.2) is 36.4 Å². The van der Waals surface area contributed by atoms with Gasteiger partial charge in [0.15, 0.2) is 18.1 Å². The second kappa shape index (κ2) is 7.38. The number of carbonyl (C=O) groups is 1. The minimum Gasteiger partial charge on any atom is -0.493 e. The molecule has 5 nitrogen and oxygen atoms in total. The highest BCUT2D eigenvalue weighted by molar-refractivity contribution is 5.78. The van der Waals surface area contributed by atoms with Crippen LogP contribution >= 0.6 is 0 Å². The largest absolute Gasteiger partial charge is 0.493 e. The average molecular weight is 381 g/mol. The molecule has 2 aromatic carbocycles. The molecule has 2 aromatic rings. The van der Waals surface area contributed by atoms with Crippen LogP contribution in [0.5, 0.6) is 17.2 Å². The maximum absolute atomic E-state index is 12.3. The molecule has 0 spiro atoms. The van der Waals surface area contributed by atoms with Gasteiger partial charge < -0.3 is 19.5 Å². The van der Waals surface area contributed by atoms with Crippen molar-refractivity contribution in [2.45, 2.75) is 51.7 Å². The van der Waals surface area contributed by atoms with Crippen LogP contribution < -0.4 is 19.5 Å². The first kappa shape index (κ1) is 18.7. The molecule has 1 atom stereocenters. The lowest BCUT2D eigenvalue weighted by Crippen LogP contribution is -2.37. The van der Waals surface area contributed by atoms with Crippen molar-refractivity contribution < 1.29 is 19.0 Å². The van der Waals surface area contributed by atoms with Crippen LogP contribution in [0.2, 0.25) is 0 Å². The zero-order chi connectivity index (χ0) is 19.7. The van der Waals surface area contributed by atoms with Crippen LogP contribution in [0.1, 0.15) is 37.5 Å². The van der Waals surface area contributed by atoms with E-state index in [2.05, 4.69) is 31.3 Å². The van der Waals surface area contributed by atoms with Gasteiger partial charge in [0.1, 0.15) is 11.4 Å². The van der Waals surface area contributed by atoms with Crippen molar-refractivity contribution in [3.63, 3.8) is 0 Å². The third kappa shape index (κ3) is 4.08. The normalized spacial score (nSPS) is 17.1. The van der Waals surface area contributed by atoms with Crippen LogP contribution in [0, 0.1) is 0 Å². The summed E-state index contributed by atoms with van der Waals surface area (Å²) >= 11 is 0. The molecule has 0 saturated carbocycles. The number of amides is 1. The number of benzene rings is 2. The highest BCUT2D eigenvalue weighted by Gasteiger charge is 2.32. The molecule has 5 heteroatoms. The van der Waals surface area contributed by atoms with Crippen LogP contribution in [0.3, 0.4) is 0 Å². The SMILES string of the molecule is CC(Cc1ccc2c(c1)CCO2)NC(=O)COc1cccc2c1OC(C)(C)C2. The second-order valence-electron chi connectivity index (χ2n) is 8.28. The minimum atomic E-state index is -0.237. The van der Waals surface area contributed by atoms with E-state index in [4.69, 9.17) is 14.2 Å². The van der Waals surface area contributed by atoms with E-state index in [0.717, 1.165) is 42.9 Å². The fourth-order valence-corrected chi connectivity index (χ4v) is 3.93. The van der Waals surface area contributed by atoms with E-state index in [9.17, 15) is 4.79 Å².